The number of rotatable bonds is 7. The van der Waals surface area contributed by atoms with E-state index in [9.17, 15) is 0 Å². The molecule has 0 radical (unpaired) electrons. The van der Waals surface area contributed by atoms with Crippen molar-refractivity contribution in [2.24, 2.45) is 0 Å². The summed E-state index contributed by atoms with van der Waals surface area (Å²) in [5.74, 6) is 0. The van der Waals surface area contributed by atoms with Crippen LogP contribution >= 0.6 is 0 Å². The van der Waals surface area contributed by atoms with Crippen molar-refractivity contribution in [3.63, 3.8) is 0 Å². The van der Waals surface area contributed by atoms with Crippen LogP contribution in [0, 0.1) is 0 Å². The zero-order valence-corrected chi connectivity index (χ0v) is 31.8. The molecule has 1 heterocycles. The molecule has 11 rings (SSSR count). The summed E-state index contributed by atoms with van der Waals surface area (Å²) in [6.07, 6.45) is 0. The summed E-state index contributed by atoms with van der Waals surface area (Å²) in [6.45, 7) is 0. The Morgan fingerprint density at radius 3 is 1.62 bits per heavy atom. The molecule has 0 aliphatic carbocycles. The maximum atomic E-state index is 2.38. The molecule has 2 nitrogen and oxygen atoms in total. The van der Waals surface area contributed by atoms with Crippen LogP contribution in [0.2, 0.25) is 0 Å². The maximum absolute atomic E-state index is 2.38. The molecular weight excluding hydrogens is 701 g/mol. The second kappa shape index (κ2) is 14.1. The first-order chi connectivity index (χ1) is 28.8. The van der Waals surface area contributed by atoms with Crippen molar-refractivity contribution in [1.82, 2.24) is 4.57 Å². The van der Waals surface area contributed by atoms with Gasteiger partial charge in [0.1, 0.15) is 0 Å². The lowest BCUT2D eigenvalue weighted by molar-refractivity contribution is 1.18. The van der Waals surface area contributed by atoms with Gasteiger partial charge in [-0.15, -0.1) is 0 Å². The third kappa shape index (κ3) is 5.82. The highest BCUT2D eigenvalue weighted by Crippen LogP contribution is 2.41. The van der Waals surface area contributed by atoms with Gasteiger partial charge in [-0.3, -0.25) is 0 Å². The van der Waals surface area contributed by atoms with Crippen molar-refractivity contribution >= 4 is 60.4 Å². The van der Waals surface area contributed by atoms with E-state index in [4.69, 9.17) is 0 Å². The quantitative estimate of drug-likeness (QED) is 0.148. The summed E-state index contributed by atoms with van der Waals surface area (Å²) in [5.41, 5.74) is 14.0. The van der Waals surface area contributed by atoms with Gasteiger partial charge >= 0.3 is 0 Å². The number of hydrogen-bond acceptors (Lipinski definition) is 1. The van der Waals surface area contributed by atoms with Crippen molar-refractivity contribution in [1.29, 1.82) is 0 Å². The molecule has 0 bridgehead atoms. The maximum Gasteiger partial charge on any atom is 0.0547 e. The van der Waals surface area contributed by atoms with Crippen LogP contribution in [0.3, 0.4) is 0 Å². The Balaban J connectivity index is 1.00. The van der Waals surface area contributed by atoms with Gasteiger partial charge in [0, 0.05) is 33.5 Å². The number of anilines is 3. The molecular formula is C56H38N2. The standard InChI is InChI=1S/C56H38N2/c1-3-13-39(14-4-1)43-16-11-19-48(37-43)57(47-33-27-42(28-34-47)50-22-12-23-51-49-20-8-7-15-41(49)29-35-52(50)51)46-31-25-40(26-32-46)44-30-36-54-53-21-9-10-24-55(53)58(56(54)38-44)45-17-5-2-6-18-45/h1-38H. The molecule has 0 aliphatic rings. The molecule has 0 N–H and O–H groups in total. The van der Waals surface area contributed by atoms with E-state index in [1.54, 1.807) is 0 Å². The van der Waals surface area contributed by atoms with Crippen LogP contribution in [0.15, 0.2) is 231 Å². The molecule has 1 aromatic heterocycles. The van der Waals surface area contributed by atoms with Crippen LogP contribution in [-0.2, 0) is 0 Å². The molecule has 0 aliphatic heterocycles. The molecule has 11 aromatic rings. The van der Waals surface area contributed by atoms with E-state index in [0.29, 0.717) is 0 Å². The smallest absolute Gasteiger partial charge is 0.0547 e. The molecule has 2 heteroatoms. The zero-order chi connectivity index (χ0) is 38.4. The SMILES string of the molecule is c1ccc(-c2cccc(N(c3ccc(-c4ccc5c6ccccc6n(-c6ccccc6)c5c4)cc3)c3ccc(-c4cccc5c4ccc4ccccc45)cc3)c2)cc1. The summed E-state index contributed by atoms with van der Waals surface area (Å²) in [7, 11) is 0. The molecule has 58 heavy (non-hydrogen) atoms. The molecule has 0 unspecified atom stereocenters. The van der Waals surface area contributed by atoms with Crippen molar-refractivity contribution in [3.05, 3.63) is 231 Å². The highest BCUT2D eigenvalue weighted by Gasteiger charge is 2.17. The minimum Gasteiger partial charge on any atom is -0.310 e. The third-order valence-corrected chi connectivity index (χ3v) is 11.6. The fraction of sp³-hybridized carbons (Fsp3) is 0. The minimum absolute atomic E-state index is 1.10. The second-order valence-electron chi connectivity index (χ2n) is 15.0. The first kappa shape index (κ1) is 33.6. The van der Waals surface area contributed by atoms with Gasteiger partial charge in [-0.05, 0) is 116 Å². The summed E-state index contributed by atoms with van der Waals surface area (Å²) < 4.78 is 2.38. The molecule has 0 amide bonds. The van der Waals surface area contributed by atoms with Gasteiger partial charge in [-0.1, -0.05) is 170 Å². The van der Waals surface area contributed by atoms with E-state index < -0.39 is 0 Å². The van der Waals surface area contributed by atoms with Gasteiger partial charge in [-0.25, -0.2) is 0 Å². The Morgan fingerprint density at radius 2 is 0.828 bits per heavy atom. The Hall–Kier alpha value is -7.68. The monoisotopic (exact) mass is 738 g/mol. The first-order valence-electron chi connectivity index (χ1n) is 19.9. The van der Waals surface area contributed by atoms with E-state index in [1.807, 2.05) is 0 Å². The summed E-state index contributed by atoms with van der Waals surface area (Å²) in [6, 6.07) is 83.6. The van der Waals surface area contributed by atoms with Gasteiger partial charge in [0.2, 0.25) is 0 Å². The van der Waals surface area contributed by atoms with Crippen LogP contribution in [0.5, 0.6) is 0 Å². The van der Waals surface area contributed by atoms with Crippen LogP contribution in [0.1, 0.15) is 0 Å². The van der Waals surface area contributed by atoms with Crippen molar-refractivity contribution in [2.45, 2.75) is 0 Å². The van der Waals surface area contributed by atoms with Crippen molar-refractivity contribution in [3.8, 4) is 39.1 Å². The molecule has 10 aromatic carbocycles. The van der Waals surface area contributed by atoms with Gasteiger partial charge in [0.15, 0.2) is 0 Å². The number of fused-ring (bicyclic) bond motifs is 6. The van der Waals surface area contributed by atoms with Crippen LogP contribution in [-0.4, -0.2) is 4.57 Å². The Labute approximate surface area is 338 Å². The van der Waals surface area contributed by atoms with E-state index in [1.165, 1.54) is 76.7 Å². The molecule has 0 saturated carbocycles. The zero-order valence-electron chi connectivity index (χ0n) is 31.8. The van der Waals surface area contributed by atoms with Gasteiger partial charge < -0.3 is 9.47 Å². The number of para-hydroxylation sites is 2. The lowest BCUT2D eigenvalue weighted by Crippen LogP contribution is -2.10. The lowest BCUT2D eigenvalue weighted by atomic mass is 9.94. The average Bonchev–Trinajstić information content (AvgIpc) is 3.64. The van der Waals surface area contributed by atoms with E-state index >= 15 is 0 Å². The van der Waals surface area contributed by atoms with Gasteiger partial charge in [0.05, 0.1) is 11.0 Å². The van der Waals surface area contributed by atoms with Crippen molar-refractivity contribution < 1.29 is 0 Å². The average molecular weight is 739 g/mol. The Bertz CT molecular complexity index is 3250. The summed E-state index contributed by atoms with van der Waals surface area (Å²) in [5, 5.41) is 7.60. The van der Waals surface area contributed by atoms with E-state index in [2.05, 4.69) is 240 Å². The van der Waals surface area contributed by atoms with Gasteiger partial charge in [0.25, 0.3) is 0 Å². The molecule has 272 valence electrons. The summed E-state index contributed by atoms with van der Waals surface area (Å²) in [4.78, 5) is 2.37. The number of aromatic nitrogens is 1. The topological polar surface area (TPSA) is 8.17 Å². The van der Waals surface area contributed by atoms with Crippen LogP contribution in [0.25, 0.3) is 82.4 Å². The second-order valence-corrected chi connectivity index (χ2v) is 15.0. The fourth-order valence-corrected chi connectivity index (χ4v) is 8.79. The van der Waals surface area contributed by atoms with E-state index in [-0.39, 0.29) is 0 Å². The molecule has 0 spiro atoms. The lowest BCUT2D eigenvalue weighted by Gasteiger charge is -2.26. The van der Waals surface area contributed by atoms with Crippen LogP contribution in [0.4, 0.5) is 17.1 Å². The predicted molar refractivity (Wildman–Crippen MR) is 247 cm³/mol. The van der Waals surface area contributed by atoms with Gasteiger partial charge in [-0.2, -0.15) is 0 Å². The molecule has 0 atom stereocenters. The number of hydrogen-bond donors (Lipinski definition) is 0. The molecule has 0 saturated heterocycles. The predicted octanol–water partition coefficient (Wildman–Crippen LogP) is 15.6. The summed E-state index contributed by atoms with van der Waals surface area (Å²) >= 11 is 0. The number of benzene rings is 10. The normalized spacial score (nSPS) is 11.4. The fourth-order valence-electron chi connectivity index (χ4n) is 8.79. The highest BCUT2D eigenvalue weighted by molar-refractivity contribution is 6.12. The highest BCUT2D eigenvalue weighted by atomic mass is 15.1. The largest absolute Gasteiger partial charge is 0.310 e. The third-order valence-electron chi connectivity index (χ3n) is 11.6. The molecule has 0 fully saturated rings. The number of nitrogens with zero attached hydrogens (tertiary/aromatic N) is 2. The Kier molecular flexibility index (Phi) is 8.19. The van der Waals surface area contributed by atoms with E-state index in [0.717, 1.165) is 22.7 Å². The first-order valence-corrected chi connectivity index (χ1v) is 19.9. The van der Waals surface area contributed by atoms with Crippen molar-refractivity contribution in [2.75, 3.05) is 4.90 Å². The van der Waals surface area contributed by atoms with Crippen LogP contribution < -0.4 is 4.90 Å². The minimum atomic E-state index is 1.10. The Morgan fingerprint density at radius 1 is 0.276 bits per heavy atom.